The number of carbonyl (C=O) groups excluding carboxylic acids is 1. The first kappa shape index (κ1) is 12.5. The summed E-state index contributed by atoms with van der Waals surface area (Å²) in [6.45, 7) is 5.21. The van der Waals surface area contributed by atoms with E-state index in [1.54, 1.807) is 0 Å². The van der Waals surface area contributed by atoms with Gasteiger partial charge in [0, 0.05) is 19.1 Å². The molecule has 0 spiro atoms. The molecule has 0 heterocycles. The molecule has 0 saturated heterocycles. The maximum Gasteiger partial charge on any atom is 0.223 e. The molecule has 2 N–H and O–H groups in total. The van der Waals surface area contributed by atoms with Gasteiger partial charge < -0.3 is 10.4 Å². The highest BCUT2D eigenvalue weighted by Gasteiger charge is 2.28. The van der Waals surface area contributed by atoms with E-state index in [1.165, 1.54) is 6.42 Å². The van der Waals surface area contributed by atoms with Gasteiger partial charge in [0.15, 0.2) is 0 Å². The number of carbonyl (C=O) groups is 1. The largest absolute Gasteiger partial charge is 0.396 e. The van der Waals surface area contributed by atoms with Crippen LogP contribution >= 0.6 is 0 Å². The topological polar surface area (TPSA) is 49.3 Å². The van der Waals surface area contributed by atoms with Gasteiger partial charge in [0.25, 0.3) is 0 Å². The van der Waals surface area contributed by atoms with Gasteiger partial charge in [0.1, 0.15) is 0 Å². The SMILES string of the molecule is CC1CC(C)CC(C(=O)NCCCO)C1. The highest BCUT2D eigenvalue weighted by atomic mass is 16.3. The van der Waals surface area contributed by atoms with E-state index in [2.05, 4.69) is 19.2 Å². The van der Waals surface area contributed by atoms with Crippen molar-refractivity contribution in [1.29, 1.82) is 0 Å². The van der Waals surface area contributed by atoms with E-state index in [0.29, 0.717) is 24.8 Å². The standard InChI is InChI=1S/C12H23NO2/c1-9-6-10(2)8-11(7-9)12(15)13-4-3-5-14/h9-11,14H,3-8H2,1-2H3,(H,13,15). The van der Waals surface area contributed by atoms with Gasteiger partial charge in [-0.05, 0) is 37.5 Å². The lowest BCUT2D eigenvalue weighted by molar-refractivity contribution is -0.127. The number of amides is 1. The highest BCUT2D eigenvalue weighted by molar-refractivity contribution is 5.78. The summed E-state index contributed by atoms with van der Waals surface area (Å²) in [7, 11) is 0. The normalized spacial score (nSPS) is 31.3. The Balaban J connectivity index is 2.31. The molecule has 1 amide bonds. The van der Waals surface area contributed by atoms with Crippen LogP contribution in [0.5, 0.6) is 0 Å². The predicted molar refractivity (Wildman–Crippen MR) is 60.4 cm³/mol. The van der Waals surface area contributed by atoms with Crippen LogP contribution in [0.2, 0.25) is 0 Å². The van der Waals surface area contributed by atoms with Crippen molar-refractivity contribution in [3.63, 3.8) is 0 Å². The van der Waals surface area contributed by atoms with Gasteiger partial charge in [-0.25, -0.2) is 0 Å². The molecule has 2 unspecified atom stereocenters. The van der Waals surface area contributed by atoms with Crippen LogP contribution in [0.1, 0.15) is 39.5 Å². The first-order chi connectivity index (χ1) is 7.13. The van der Waals surface area contributed by atoms with E-state index < -0.39 is 0 Å². The minimum absolute atomic E-state index is 0.151. The van der Waals surface area contributed by atoms with E-state index in [9.17, 15) is 4.79 Å². The predicted octanol–water partition coefficient (Wildman–Crippen LogP) is 1.56. The lowest BCUT2D eigenvalue weighted by Gasteiger charge is -2.30. The third kappa shape index (κ3) is 4.20. The van der Waals surface area contributed by atoms with Crippen LogP contribution in [0, 0.1) is 17.8 Å². The molecule has 0 aromatic heterocycles. The van der Waals surface area contributed by atoms with Gasteiger partial charge >= 0.3 is 0 Å². The average molecular weight is 213 g/mol. The molecule has 0 aromatic carbocycles. The summed E-state index contributed by atoms with van der Waals surface area (Å²) in [4.78, 5) is 11.8. The van der Waals surface area contributed by atoms with Crippen LogP contribution in [0.15, 0.2) is 0 Å². The second-order valence-electron chi connectivity index (χ2n) is 4.98. The summed E-state index contributed by atoms with van der Waals surface area (Å²) >= 11 is 0. The molecule has 3 heteroatoms. The van der Waals surface area contributed by atoms with Crippen molar-refractivity contribution in [2.45, 2.75) is 39.5 Å². The summed E-state index contributed by atoms with van der Waals surface area (Å²) in [5, 5.41) is 11.5. The molecule has 1 aliphatic rings. The minimum atomic E-state index is 0.151. The molecule has 1 saturated carbocycles. The molecule has 88 valence electrons. The van der Waals surface area contributed by atoms with Gasteiger partial charge in [-0.1, -0.05) is 13.8 Å². The van der Waals surface area contributed by atoms with Crippen LogP contribution in [-0.4, -0.2) is 24.2 Å². The molecule has 0 radical (unpaired) electrons. The quantitative estimate of drug-likeness (QED) is 0.696. The van der Waals surface area contributed by atoms with Crippen molar-refractivity contribution >= 4 is 5.91 Å². The van der Waals surface area contributed by atoms with Crippen molar-refractivity contribution in [3.8, 4) is 0 Å². The number of aliphatic hydroxyl groups is 1. The van der Waals surface area contributed by atoms with Crippen LogP contribution in [0.4, 0.5) is 0 Å². The maximum absolute atomic E-state index is 11.8. The molecule has 15 heavy (non-hydrogen) atoms. The van der Waals surface area contributed by atoms with Gasteiger partial charge in [-0.15, -0.1) is 0 Å². The lowest BCUT2D eigenvalue weighted by Crippen LogP contribution is -2.36. The Morgan fingerprint density at radius 3 is 2.40 bits per heavy atom. The summed E-state index contributed by atoms with van der Waals surface area (Å²) in [6, 6.07) is 0. The first-order valence-corrected chi connectivity index (χ1v) is 6.02. The third-order valence-electron chi connectivity index (χ3n) is 3.18. The summed E-state index contributed by atoms with van der Waals surface area (Å²) in [5.74, 6) is 1.72. The van der Waals surface area contributed by atoms with Crippen molar-refractivity contribution < 1.29 is 9.90 Å². The Kier molecular flexibility index (Phi) is 5.09. The van der Waals surface area contributed by atoms with Crippen LogP contribution < -0.4 is 5.32 Å². The number of hydrogen-bond acceptors (Lipinski definition) is 2. The zero-order chi connectivity index (χ0) is 11.3. The van der Waals surface area contributed by atoms with E-state index in [0.717, 1.165) is 12.8 Å². The Bertz CT molecular complexity index is 196. The van der Waals surface area contributed by atoms with E-state index in [-0.39, 0.29) is 18.4 Å². The molecule has 1 rings (SSSR count). The molecular weight excluding hydrogens is 190 g/mol. The average Bonchev–Trinajstić information content (AvgIpc) is 2.16. The Morgan fingerprint density at radius 1 is 1.27 bits per heavy atom. The Morgan fingerprint density at radius 2 is 1.87 bits per heavy atom. The van der Waals surface area contributed by atoms with E-state index in [4.69, 9.17) is 5.11 Å². The molecule has 0 aromatic rings. The van der Waals surface area contributed by atoms with Gasteiger partial charge in [-0.2, -0.15) is 0 Å². The van der Waals surface area contributed by atoms with E-state index >= 15 is 0 Å². The molecule has 0 aliphatic heterocycles. The fourth-order valence-electron chi connectivity index (χ4n) is 2.60. The highest BCUT2D eigenvalue weighted by Crippen LogP contribution is 2.32. The number of hydrogen-bond donors (Lipinski definition) is 2. The molecular formula is C12H23NO2. The fourth-order valence-corrected chi connectivity index (χ4v) is 2.60. The molecule has 1 aliphatic carbocycles. The van der Waals surface area contributed by atoms with Gasteiger partial charge in [0.05, 0.1) is 0 Å². The van der Waals surface area contributed by atoms with Crippen molar-refractivity contribution in [3.05, 3.63) is 0 Å². The lowest BCUT2D eigenvalue weighted by atomic mass is 9.76. The van der Waals surface area contributed by atoms with Crippen molar-refractivity contribution in [2.24, 2.45) is 17.8 Å². The van der Waals surface area contributed by atoms with Crippen molar-refractivity contribution in [2.75, 3.05) is 13.2 Å². The van der Waals surface area contributed by atoms with Crippen LogP contribution in [0.3, 0.4) is 0 Å². The third-order valence-corrected chi connectivity index (χ3v) is 3.18. The summed E-state index contributed by atoms with van der Waals surface area (Å²) in [5.41, 5.74) is 0. The monoisotopic (exact) mass is 213 g/mol. The summed E-state index contributed by atoms with van der Waals surface area (Å²) in [6.07, 6.45) is 3.95. The molecule has 3 nitrogen and oxygen atoms in total. The van der Waals surface area contributed by atoms with Crippen molar-refractivity contribution in [1.82, 2.24) is 5.32 Å². The second kappa shape index (κ2) is 6.11. The van der Waals surface area contributed by atoms with E-state index in [1.807, 2.05) is 0 Å². The molecule has 2 atom stereocenters. The Hall–Kier alpha value is -0.570. The van der Waals surface area contributed by atoms with Gasteiger partial charge in [-0.3, -0.25) is 4.79 Å². The van der Waals surface area contributed by atoms with Crippen LogP contribution in [-0.2, 0) is 4.79 Å². The zero-order valence-electron chi connectivity index (χ0n) is 9.83. The number of nitrogens with one attached hydrogen (secondary N) is 1. The maximum atomic E-state index is 11.8. The smallest absolute Gasteiger partial charge is 0.223 e. The second-order valence-corrected chi connectivity index (χ2v) is 4.98. The van der Waals surface area contributed by atoms with Crippen LogP contribution in [0.25, 0.3) is 0 Å². The summed E-state index contributed by atoms with van der Waals surface area (Å²) < 4.78 is 0. The van der Waals surface area contributed by atoms with Gasteiger partial charge in [0.2, 0.25) is 5.91 Å². The first-order valence-electron chi connectivity index (χ1n) is 6.02. The number of rotatable bonds is 4. The molecule has 0 bridgehead atoms. The fraction of sp³-hybridized carbons (Fsp3) is 0.917. The zero-order valence-corrected chi connectivity index (χ0v) is 9.83. The number of aliphatic hydroxyl groups excluding tert-OH is 1. The molecule has 1 fully saturated rings. The minimum Gasteiger partial charge on any atom is -0.396 e. The Labute approximate surface area is 92.3 Å².